The number of halogens is 2. The van der Waals surface area contributed by atoms with Gasteiger partial charge in [0.15, 0.2) is 0 Å². The Hall–Kier alpha value is -3.15. The third-order valence-corrected chi connectivity index (χ3v) is 7.96. The molecule has 0 atom stereocenters. The second-order valence-corrected chi connectivity index (χ2v) is 11.3. The first-order valence-corrected chi connectivity index (χ1v) is 13.4. The molecule has 2 fully saturated rings. The lowest BCUT2D eigenvalue weighted by atomic mass is 10.1. The van der Waals surface area contributed by atoms with Crippen molar-refractivity contribution in [1.82, 2.24) is 18.8 Å². The quantitative estimate of drug-likeness (QED) is 0.309. The molecule has 3 aromatic rings. The van der Waals surface area contributed by atoms with E-state index in [9.17, 15) is 13.6 Å². The average molecular weight is 543 g/mol. The normalized spacial score (nSPS) is 17.0. The molecule has 0 amide bonds. The highest BCUT2D eigenvalue weighted by molar-refractivity contribution is 7.95. The summed E-state index contributed by atoms with van der Waals surface area (Å²) in [6, 6.07) is 8.95. The first-order valence-electron chi connectivity index (χ1n) is 12.7. The lowest BCUT2D eigenvalue weighted by Gasteiger charge is -2.35. The summed E-state index contributed by atoms with van der Waals surface area (Å²) in [4.78, 5) is 15.5. The van der Waals surface area contributed by atoms with Gasteiger partial charge in [0, 0.05) is 62.0 Å². The summed E-state index contributed by atoms with van der Waals surface area (Å²) >= 11 is 1.57. The summed E-state index contributed by atoms with van der Waals surface area (Å²) in [5, 5.41) is 4.25. The van der Waals surface area contributed by atoms with E-state index in [2.05, 4.69) is 32.0 Å². The topological polar surface area (TPSA) is 88.6 Å². The smallest absolute Gasteiger partial charge is 0.316 e. The number of nitrogens with one attached hydrogen (secondary N) is 1. The van der Waals surface area contributed by atoms with Gasteiger partial charge in [0.25, 0.3) is 0 Å². The van der Waals surface area contributed by atoms with Crippen LogP contribution in [-0.4, -0.2) is 46.9 Å². The Morgan fingerprint density at radius 3 is 2.47 bits per heavy atom. The third kappa shape index (κ3) is 6.11. The van der Waals surface area contributed by atoms with Gasteiger partial charge in [-0.25, -0.2) is 17.8 Å². The SMILES string of the molecule is Cc1cc(CNSN2CCN(c3cnn(-c4cc(F)cc(F)c4)c(=O)c3OCC3(C)CC3)CC2)ccc1N. The predicted molar refractivity (Wildman–Crippen MR) is 146 cm³/mol. The molecule has 1 saturated carbocycles. The van der Waals surface area contributed by atoms with Crippen LogP contribution in [0.15, 0.2) is 47.4 Å². The van der Waals surface area contributed by atoms with Gasteiger partial charge in [-0.3, -0.25) is 4.79 Å². The largest absolute Gasteiger partial charge is 0.486 e. The number of piperazine rings is 1. The summed E-state index contributed by atoms with van der Waals surface area (Å²) in [5.41, 5.74) is 9.06. The highest BCUT2D eigenvalue weighted by Crippen LogP contribution is 2.45. The minimum atomic E-state index is -0.778. The van der Waals surface area contributed by atoms with E-state index in [1.807, 2.05) is 19.1 Å². The number of aryl methyl sites for hydroxylation is 1. The van der Waals surface area contributed by atoms with Crippen LogP contribution in [0.4, 0.5) is 20.2 Å². The summed E-state index contributed by atoms with van der Waals surface area (Å²) in [6.45, 7) is 8.08. The van der Waals surface area contributed by atoms with Crippen LogP contribution in [0.2, 0.25) is 0 Å². The van der Waals surface area contributed by atoms with Gasteiger partial charge in [0.1, 0.15) is 17.3 Å². The highest BCUT2D eigenvalue weighted by Gasteiger charge is 2.39. The second-order valence-electron chi connectivity index (χ2n) is 10.3. The van der Waals surface area contributed by atoms with Crippen molar-refractivity contribution in [1.29, 1.82) is 0 Å². The molecule has 1 aromatic heterocycles. The molecule has 0 spiro atoms. The number of hydrogen-bond acceptors (Lipinski definition) is 8. The van der Waals surface area contributed by atoms with Crippen molar-refractivity contribution in [2.45, 2.75) is 33.2 Å². The number of nitrogens with two attached hydrogens (primary N) is 1. The molecule has 2 aromatic carbocycles. The summed E-state index contributed by atoms with van der Waals surface area (Å²) in [5.74, 6) is -1.39. The van der Waals surface area contributed by atoms with Crippen molar-refractivity contribution < 1.29 is 13.5 Å². The van der Waals surface area contributed by atoms with Crippen molar-refractivity contribution in [3.8, 4) is 11.4 Å². The van der Waals surface area contributed by atoms with Gasteiger partial charge in [-0.1, -0.05) is 19.1 Å². The van der Waals surface area contributed by atoms with Crippen LogP contribution in [0.3, 0.4) is 0 Å². The van der Waals surface area contributed by atoms with Crippen LogP contribution in [0, 0.1) is 24.0 Å². The molecule has 38 heavy (non-hydrogen) atoms. The van der Waals surface area contributed by atoms with Gasteiger partial charge in [-0.05, 0) is 49.1 Å². The van der Waals surface area contributed by atoms with E-state index in [0.29, 0.717) is 31.9 Å². The molecule has 3 N–H and O–H groups in total. The van der Waals surface area contributed by atoms with E-state index in [4.69, 9.17) is 10.5 Å². The first kappa shape index (κ1) is 26.5. The lowest BCUT2D eigenvalue weighted by molar-refractivity contribution is 0.242. The molecule has 1 aliphatic carbocycles. The minimum Gasteiger partial charge on any atom is -0.486 e. The zero-order valence-corrected chi connectivity index (χ0v) is 22.4. The van der Waals surface area contributed by atoms with Crippen LogP contribution in [0.25, 0.3) is 5.69 Å². The van der Waals surface area contributed by atoms with Gasteiger partial charge in [-0.15, -0.1) is 0 Å². The van der Waals surface area contributed by atoms with E-state index in [1.165, 1.54) is 5.56 Å². The number of anilines is 2. The number of ether oxygens (including phenoxy) is 1. The maximum atomic E-state index is 13.8. The maximum absolute atomic E-state index is 13.8. The van der Waals surface area contributed by atoms with Gasteiger partial charge >= 0.3 is 5.56 Å². The molecule has 2 heterocycles. The minimum absolute atomic E-state index is 0.0186. The molecule has 1 saturated heterocycles. The zero-order valence-electron chi connectivity index (χ0n) is 21.5. The third-order valence-electron chi connectivity index (χ3n) is 7.06. The Balaban J connectivity index is 1.27. The summed E-state index contributed by atoms with van der Waals surface area (Å²) in [6.07, 6.45) is 3.63. The molecule has 8 nitrogen and oxygen atoms in total. The van der Waals surface area contributed by atoms with Crippen molar-refractivity contribution in [3.05, 3.63) is 75.7 Å². The fourth-order valence-electron chi connectivity index (χ4n) is 4.31. The standard InChI is InChI=1S/C27H32F2N6O2S/c1-18-11-19(3-4-23(18)30)15-32-38-34-9-7-33(8-10-34)24-16-31-35(22-13-20(28)12-21(29)14-22)26(36)25(24)37-17-27(2)5-6-27/h3-4,11-14,16,32H,5-10,15,17,30H2,1-2H3. The van der Waals surface area contributed by atoms with Crippen LogP contribution in [0.5, 0.6) is 5.75 Å². The molecule has 202 valence electrons. The Labute approximate surface area is 225 Å². The van der Waals surface area contributed by atoms with Crippen LogP contribution in [-0.2, 0) is 6.54 Å². The molecule has 2 aliphatic rings. The van der Waals surface area contributed by atoms with Crippen LogP contribution >= 0.6 is 12.1 Å². The molecular weight excluding hydrogens is 510 g/mol. The Kier molecular flexibility index (Phi) is 7.60. The summed E-state index contributed by atoms with van der Waals surface area (Å²) < 4.78 is 40.4. The van der Waals surface area contributed by atoms with E-state index in [0.717, 1.165) is 60.1 Å². The summed E-state index contributed by atoms with van der Waals surface area (Å²) in [7, 11) is 0. The molecule has 1 aliphatic heterocycles. The number of benzene rings is 2. The Morgan fingerprint density at radius 1 is 1.11 bits per heavy atom. The fourth-order valence-corrected chi connectivity index (χ4v) is 5.07. The van der Waals surface area contributed by atoms with E-state index < -0.39 is 17.2 Å². The average Bonchev–Trinajstić information content (AvgIpc) is 3.62. The van der Waals surface area contributed by atoms with Crippen molar-refractivity contribution in [2.75, 3.05) is 43.4 Å². The molecule has 0 bridgehead atoms. The van der Waals surface area contributed by atoms with E-state index in [-0.39, 0.29) is 16.9 Å². The Bertz CT molecular complexity index is 1350. The highest BCUT2D eigenvalue weighted by atomic mass is 32.2. The van der Waals surface area contributed by atoms with Gasteiger partial charge < -0.3 is 15.4 Å². The number of aromatic nitrogens is 2. The van der Waals surface area contributed by atoms with Gasteiger partial charge in [0.05, 0.1) is 18.5 Å². The second kappa shape index (κ2) is 10.9. The molecule has 0 radical (unpaired) electrons. The monoisotopic (exact) mass is 542 g/mol. The fraction of sp³-hybridized carbons (Fsp3) is 0.407. The first-order chi connectivity index (χ1) is 18.2. The van der Waals surface area contributed by atoms with Crippen molar-refractivity contribution >= 4 is 23.5 Å². The molecular formula is C27H32F2N6O2S. The van der Waals surface area contributed by atoms with E-state index in [1.54, 1.807) is 18.3 Å². The molecule has 0 unspecified atom stereocenters. The molecule has 11 heteroatoms. The lowest BCUT2D eigenvalue weighted by Crippen LogP contribution is -2.45. The van der Waals surface area contributed by atoms with Gasteiger partial charge in [0.2, 0.25) is 5.75 Å². The number of nitrogen functional groups attached to an aromatic ring is 1. The number of nitrogens with zero attached hydrogens (tertiary/aromatic N) is 4. The van der Waals surface area contributed by atoms with Crippen molar-refractivity contribution in [3.63, 3.8) is 0 Å². The van der Waals surface area contributed by atoms with Gasteiger partial charge in [-0.2, -0.15) is 9.78 Å². The molecule has 5 rings (SSSR count). The zero-order chi connectivity index (χ0) is 26.9. The number of hydrogen-bond donors (Lipinski definition) is 2. The van der Waals surface area contributed by atoms with Crippen LogP contribution < -0.4 is 25.7 Å². The predicted octanol–water partition coefficient (Wildman–Crippen LogP) is 4.06. The number of rotatable bonds is 9. The Morgan fingerprint density at radius 2 is 1.82 bits per heavy atom. The van der Waals surface area contributed by atoms with E-state index >= 15 is 0 Å². The van der Waals surface area contributed by atoms with Crippen LogP contribution in [0.1, 0.15) is 30.9 Å². The maximum Gasteiger partial charge on any atom is 0.316 e. The van der Waals surface area contributed by atoms with Crippen molar-refractivity contribution in [2.24, 2.45) is 5.41 Å².